The Morgan fingerprint density at radius 1 is 0.938 bits per heavy atom. The molecule has 0 aliphatic heterocycles. The van der Waals surface area contributed by atoms with Crippen LogP contribution in [0.25, 0.3) is 22.8 Å². The molecule has 3 aromatic carbocycles. The number of ether oxygens (including phenoxy) is 3. The Labute approximate surface area is 183 Å². The van der Waals surface area contributed by atoms with E-state index in [0.717, 1.165) is 11.1 Å². The van der Waals surface area contributed by atoms with Crippen molar-refractivity contribution < 1.29 is 23.7 Å². The summed E-state index contributed by atoms with van der Waals surface area (Å²) in [4.78, 5) is 14.8. The fourth-order valence-corrected chi connectivity index (χ4v) is 3.03. The third kappa shape index (κ3) is 4.51. The lowest BCUT2D eigenvalue weighted by molar-refractivity contribution is -0.384. The summed E-state index contributed by atoms with van der Waals surface area (Å²) < 4.78 is 21.8. The first-order chi connectivity index (χ1) is 15.6. The van der Waals surface area contributed by atoms with Crippen LogP contribution >= 0.6 is 0 Å². The van der Waals surface area contributed by atoms with E-state index in [1.54, 1.807) is 44.6 Å². The van der Waals surface area contributed by atoms with Gasteiger partial charge in [-0.15, -0.1) is 0 Å². The number of nitrogens with zero attached hydrogens (tertiary/aromatic N) is 3. The molecule has 0 saturated carbocycles. The van der Waals surface area contributed by atoms with Crippen LogP contribution < -0.4 is 14.2 Å². The van der Waals surface area contributed by atoms with Crippen molar-refractivity contribution in [3.05, 3.63) is 82.4 Å². The molecule has 0 amide bonds. The van der Waals surface area contributed by atoms with Crippen molar-refractivity contribution >= 4 is 5.69 Å². The predicted octanol–water partition coefficient (Wildman–Crippen LogP) is 4.91. The summed E-state index contributed by atoms with van der Waals surface area (Å²) in [6, 6.07) is 18.8. The summed E-state index contributed by atoms with van der Waals surface area (Å²) in [5.74, 6) is 2.53. The van der Waals surface area contributed by atoms with Crippen LogP contribution in [0.1, 0.15) is 5.56 Å². The predicted molar refractivity (Wildman–Crippen MR) is 116 cm³/mol. The molecule has 4 rings (SSSR count). The van der Waals surface area contributed by atoms with E-state index in [9.17, 15) is 10.1 Å². The normalized spacial score (nSPS) is 10.6. The number of benzene rings is 3. The third-order valence-corrected chi connectivity index (χ3v) is 4.70. The smallest absolute Gasteiger partial charge is 0.269 e. The quantitative estimate of drug-likeness (QED) is 0.285. The zero-order chi connectivity index (χ0) is 22.5. The molecule has 0 aliphatic carbocycles. The Kier molecular flexibility index (Phi) is 5.98. The van der Waals surface area contributed by atoms with Crippen LogP contribution in [0, 0.1) is 10.1 Å². The zero-order valence-electron chi connectivity index (χ0n) is 17.3. The molecule has 9 nitrogen and oxygen atoms in total. The molecule has 4 aromatic rings. The highest BCUT2D eigenvalue weighted by atomic mass is 16.6. The Morgan fingerprint density at radius 2 is 1.72 bits per heavy atom. The average molecular weight is 433 g/mol. The van der Waals surface area contributed by atoms with Crippen molar-refractivity contribution in [1.29, 1.82) is 0 Å². The number of aromatic nitrogens is 2. The van der Waals surface area contributed by atoms with Crippen molar-refractivity contribution in [2.45, 2.75) is 6.61 Å². The first kappa shape index (κ1) is 20.9. The summed E-state index contributed by atoms with van der Waals surface area (Å²) in [5, 5.41) is 14.8. The molecule has 9 heteroatoms. The van der Waals surface area contributed by atoms with Crippen LogP contribution in [0.3, 0.4) is 0 Å². The first-order valence-corrected chi connectivity index (χ1v) is 9.60. The number of rotatable bonds is 8. The summed E-state index contributed by atoms with van der Waals surface area (Å²) in [7, 11) is 3.13. The van der Waals surface area contributed by atoms with E-state index in [1.807, 2.05) is 24.3 Å². The van der Waals surface area contributed by atoms with E-state index < -0.39 is 4.92 Å². The Balaban J connectivity index is 1.49. The molecule has 1 aromatic heterocycles. The molecule has 0 spiro atoms. The van der Waals surface area contributed by atoms with E-state index in [0.29, 0.717) is 34.5 Å². The number of non-ortho nitro benzene ring substituents is 1. The number of methoxy groups -OCH3 is 2. The van der Waals surface area contributed by atoms with E-state index in [-0.39, 0.29) is 12.3 Å². The molecule has 0 bridgehead atoms. The third-order valence-electron chi connectivity index (χ3n) is 4.70. The molecule has 0 N–H and O–H groups in total. The molecule has 0 saturated heterocycles. The summed E-state index contributed by atoms with van der Waals surface area (Å²) in [5.41, 5.74) is 2.28. The maximum Gasteiger partial charge on any atom is 0.269 e. The molecular formula is C23H19N3O6. The van der Waals surface area contributed by atoms with E-state index >= 15 is 0 Å². The average Bonchev–Trinajstić information content (AvgIpc) is 3.33. The van der Waals surface area contributed by atoms with Crippen LogP contribution in [0.4, 0.5) is 5.69 Å². The Hall–Kier alpha value is -4.40. The van der Waals surface area contributed by atoms with Gasteiger partial charge in [0.25, 0.3) is 11.6 Å². The van der Waals surface area contributed by atoms with E-state index in [1.165, 1.54) is 12.1 Å². The molecule has 0 unspecified atom stereocenters. The van der Waals surface area contributed by atoms with Crippen molar-refractivity contribution in [2.75, 3.05) is 14.2 Å². The Morgan fingerprint density at radius 3 is 2.44 bits per heavy atom. The number of hydrogen-bond acceptors (Lipinski definition) is 8. The summed E-state index contributed by atoms with van der Waals surface area (Å²) >= 11 is 0. The van der Waals surface area contributed by atoms with Gasteiger partial charge >= 0.3 is 0 Å². The van der Waals surface area contributed by atoms with Crippen LogP contribution in [0.5, 0.6) is 17.2 Å². The highest BCUT2D eigenvalue weighted by Crippen LogP contribution is 2.32. The fourth-order valence-electron chi connectivity index (χ4n) is 3.03. The first-order valence-electron chi connectivity index (χ1n) is 9.60. The maximum absolute atomic E-state index is 10.8. The van der Waals surface area contributed by atoms with Gasteiger partial charge in [0.15, 0.2) is 11.5 Å². The molecule has 1 heterocycles. The van der Waals surface area contributed by atoms with Crippen LogP contribution in [-0.2, 0) is 6.61 Å². The van der Waals surface area contributed by atoms with Gasteiger partial charge in [-0.25, -0.2) is 0 Å². The lowest BCUT2D eigenvalue weighted by Gasteiger charge is -2.07. The lowest BCUT2D eigenvalue weighted by atomic mass is 10.2. The molecule has 162 valence electrons. The van der Waals surface area contributed by atoms with Crippen molar-refractivity contribution in [3.63, 3.8) is 0 Å². The summed E-state index contributed by atoms with van der Waals surface area (Å²) in [6.07, 6.45) is 0. The molecule has 0 aliphatic rings. The van der Waals surface area contributed by atoms with Gasteiger partial charge in [-0.05, 0) is 48.0 Å². The van der Waals surface area contributed by atoms with Gasteiger partial charge in [0.2, 0.25) is 5.82 Å². The van der Waals surface area contributed by atoms with Gasteiger partial charge < -0.3 is 18.7 Å². The second kappa shape index (κ2) is 9.17. The molecule has 0 radical (unpaired) electrons. The van der Waals surface area contributed by atoms with Gasteiger partial charge in [-0.2, -0.15) is 4.98 Å². The molecule has 0 fully saturated rings. The standard InChI is InChI=1S/C23H19N3O6/c1-29-20-11-8-17(13-21(20)30-2)23-24-22(25-32-23)16-4-3-5-19(12-16)31-14-15-6-9-18(10-7-15)26(27)28/h3-13H,14H2,1-2H3. The summed E-state index contributed by atoms with van der Waals surface area (Å²) in [6.45, 7) is 0.268. The van der Waals surface area contributed by atoms with Gasteiger partial charge in [0.05, 0.1) is 19.1 Å². The van der Waals surface area contributed by atoms with Crippen LogP contribution in [0.15, 0.2) is 71.3 Å². The molecule has 0 atom stereocenters. The Bertz CT molecular complexity index is 1240. The van der Waals surface area contributed by atoms with Gasteiger partial charge in [0, 0.05) is 23.3 Å². The lowest BCUT2D eigenvalue weighted by Crippen LogP contribution is -1.96. The molecule has 32 heavy (non-hydrogen) atoms. The van der Waals surface area contributed by atoms with Crippen LogP contribution in [-0.4, -0.2) is 29.3 Å². The van der Waals surface area contributed by atoms with Gasteiger partial charge in [0.1, 0.15) is 12.4 Å². The fraction of sp³-hybridized carbons (Fsp3) is 0.130. The highest BCUT2D eigenvalue weighted by Gasteiger charge is 2.14. The monoisotopic (exact) mass is 433 g/mol. The number of hydrogen-bond donors (Lipinski definition) is 0. The number of nitro benzene ring substituents is 1. The highest BCUT2D eigenvalue weighted by molar-refractivity contribution is 5.63. The van der Waals surface area contributed by atoms with Crippen molar-refractivity contribution in [2.24, 2.45) is 0 Å². The van der Waals surface area contributed by atoms with Crippen molar-refractivity contribution in [1.82, 2.24) is 10.1 Å². The second-order valence-corrected chi connectivity index (χ2v) is 6.73. The minimum atomic E-state index is -0.435. The second-order valence-electron chi connectivity index (χ2n) is 6.73. The SMILES string of the molecule is COc1ccc(-c2nc(-c3cccc(OCc4ccc([N+](=O)[O-])cc4)c3)no2)cc1OC. The topological polar surface area (TPSA) is 110 Å². The van der Waals surface area contributed by atoms with Gasteiger partial charge in [-0.3, -0.25) is 10.1 Å². The minimum Gasteiger partial charge on any atom is -0.493 e. The minimum absolute atomic E-state index is 0.0399. The van der Waals surface area contributed by atoms with E-state index in [2.05, 4.69) is 10.1 Å². The van der Waals surface area contributed by atoms with Crippen molar-refractivity contribution in [3.8, 4) is 40.1 Å². The maximum atomic E-state index is 10.8. The van der Waals surface area contributed by atoms with Crippen LogP contribution in [0.2, 0.25) is 0 Å². The van der Waals surface area contributed by atoms with E-state index in [4.69, 9.17) is 18.7 Å². The zero-order valence-corrected chi connectivity index (χ0v) is 17.3. The number of nitro groups is 1. The molecular weight excluding hydrogens is 414 g/mol. The van der Waals surface area contributed by atoms with Gasteiger partial charge in [-0.1, -0.05) is 17.3 Å². The largest absolute Gasteiger partial charge is 0.493 e.